The van der Waals surface area contributed by atoms with Crippen molar-refractivity contribution in [2.75, 3.05) is 0 Å². The van der Waals surface area contributed by atoms with E-state index < -0.39 is 0 Å². The summed E-state index contributed by atoms with van der Waals surface area (Å²) in [7, 11) is 0. The topological polar surface area (TPSA) is 50.9 Å². The molecule has 1 aliphatic carbocycles. The average molecular weight is 281 g/mol. The molecule has 1 aliphatic rings. The fraction of sp³-hybridized carbons (Fsp3) is 0.389. The third kappa shape index (κ3) is 2.99. The molecule has 21 heavy (non-hydrogen) atoms. The first kappa shape index (κ1) is 14.2. The third-order valence-electron chi connectivity index (χ3n) is 4.45. The fourth-order valence-electron chi connectivity index (χ4n) is 3.31. The van der Waals surface area contributed by atoms with Gasteiger partial charge in [-0.1, -0.05) is 24.3 Å². The van der Waals surface area contributed by atoms with Gasteiger partial charge >= 0.3 is 0 Å². The molecular weight excluding hydrogens is 258 g/mol. The molecule has 0 saturated heterocycles. The molecule has 0 saturated carbocycles. The average Bonchev–Trinajstić information content (AvgIpc) is 2.93. The Bertz CT molecular complexity index is 649. The highest BCUT2D eigenvalue weighted by molar-refractivity contribution is 5.36. The van der Waals surface area contributed by atoms with Gasteiger partial charge in [0, 0.05) is 11.4 Å². The molecule has 2 aromatic rings. The Morgan fingerprint density at radius 1 is 1.14 bits per heavy atom. The lowest BCUT2D eigenvalue weighted by Crippen LogP contribution is -2.30. The lowest BCUT2D eigenvalue weighted by molar-refractivity contribution is 0.546. The van der Waals surface area contributed by atoms with Gasteiger partial charge in [0.25, 0.3) is 0 Å². The molecule has 0 aliphatic heterocycles. The maximum absolute atomic E-state index is 5.79. The monoisotopic (exact) mass is 281 g/mol. The molecule has 1 aromatic carbocycles. The molecule has 1 heterocycles. The smallest absolute Gasteiger partial charge is 0.0518 e. The fourth-order valence-corrected chi connectivity index (χ4v) is 3.31. The van der Waals surface area contributed by atoms with E-state index in [9.17, 15) is 0 Å². The minimum absolute atomic E-state index is 0.109. The van der Waals surface area contributed by atoms with Crippen molar-refractivity contribution in [1.29, 1.82) is 0 Å². The maximum atomic E-state index is 5.79. The lowest BCUT2D eigenvalue weighted by Gasteiger charge is -2.19. The number of nitrogens with zero attached hydrogens (tertiary/aromatic N) is 1. The van der Waals surface area contributed by atoms with Gasteiger partial charge in [0.2, 0.25) is 0 Å². The van der Waals surface area contributed by atoms with Crippen molar-refractivity contribution < 1.29 is 0 Å². The summed E-state index contributed by atoms with van der Waals surface area (Å²) in [6, 6.07) is 11.2. The molecule has 0 radical (unpaired) electrons. The second-order valence-electron chi connectivity index (χ2n) is 6.01. The van der Waals surface area contributed by atoms with Crippen molar-refractivity contribution in [2.24, 2.45) is 5.84 Å². The maximum Gasteiger partial charge on any atom is 0.0518 e. The van der Waals surface area contributed by atoms with Gasteiger partial charge in [0.1, 0.15) is 0 Å². The normalized spacial score (nSPS) is 15.0. The number of aryl methyl sites for hydroxylation is 4. The van der Waals surface area contributed by atoms with Crippen LogP contribution in [0.1, 0.15) is 46.1 Å². The quantitative estimate of drug-likeness (QED) is 0.669. The van der Waals surface area contributed by atoms with Crippen molar-refractivity contribution in [3.05, 3.63) is 64.0 Å². The standard InChI is InChI=1S/C18H23N3/c1-12-6-9-17(13(2)20-12)18(21-19)11-14-7-8-15-4-3-5-16(15)10-14/h6-10,18,21H,3-5,11,19H2,1-2H3. The van der Waals surface area contributed by atoms with Crippen LogP contribution in [0.2, 0.25) is 0 Å². The van der Waals surface area contributed by atoms with Gasteiger partial charge in [0.15, 0.2) is 0 Å². The number of benzene rings is 1. The molecule has 3 heteroatoms. The summed E-state index contributed by atoms with van der Waals surface area (Å²) in [6.45, 7) is 4.07. The van der Waals surface area contributed by atoms with Crippen LogP contribution < -0.4 is 11.3 Å². The Morgan fingerprint density at radius 3 is 2.71 bits per heavy atom. The number of hydrogen-bond acceptors (Lipinski definition) is 3. The van der Waals surface area contributed by atoms with E-state index in [-0.39, 0.29) is 6.04 Å². The van der Waals surface area contributed by atoms with Crippen LogP contribution in [-0.4, -0.2) is 4.98 Å². The molecule has 3 nitrogen and oxygen atoms in total. The van der Waals surface area contributed by atoms with Crippen LogP contribution in [0.25, 0.3) is 0 Å². The number of hydrogen-bond donors (Lipinski definition) is 2. The van der Waals surface area contributed by atoms with E-state index in [1.54, 1.807) is 0 Å². The number of nitrogens with one attached hydrogen (secondary N) is 1. The van der Waals surface area contributed by atoms with Crippen molar-refractivity contribution >= 4 is 0 Å². The van der Waals surface area contributed by atoms with Crippen LogP contribution in [0.4, 0.5) is 0 Å². The Balaban J connectivity index is 1.84. The SMILES string of the molecule is Cc1ccc(C(Cc2ccc3c(c2)CCC3)NN)c(C)n1. The van der Waals surface area contributed by atoms with Crippen molar-refractivity contribution in [3.63, 3.8) is 0 Å². The zero-order chi connectivity index (χ0) is 14.8. The molecule has 3 rings (SSSR count). The van der Waals surface area contributed by atoms with E-state index in [1.165, 1.54) is 41.5 Å². The number of nitrogens with two attached hydrogens (primary N) is 1. The van der Waals surface area contributed by atoms with Gasteiger partial charge in [-0.3, -0.25) is 16.3 Å². The summed E-state index contributed by atoms with van der Waals surface area (Å²) in [6.07, 6.45) is 4.64. The highest BCUT2D eigenvalue weighted by Gasteiger charge is 2.16. The highest BCUT2D eigenvalue weighted by Crippen LogP contribution is 2.26. The third-order valence-corrected chi connectivity index (χ3v) is 4.45. The van der Waals surface area contributed by atoms with Gasteiger partial charge in [-0.15, -0.1) is 0 Å². The van der Waals surface area contributed by atoms with Crippen molar-refractivity contribution in [1.82, 2.24) is 10.4 Å². The van der Waals surface area contributed by atoms with Gasteiger partial charge in [-0.05, 0) is 67.9 Å². The van der Waals surface area contributed by atoms with Crippen LogP contribution in [-0.2, 0) is 19.3 Å². The molecule has 1 atom stereocenters. The number of rotatable bonds is 4. The number of aromatic nitrogens is 1. The van der Waals surface area contributed by atoms with E-state index in [4.69, 9.17) is 5.84 Å². The number of hydrazine groups is 1. The molecule has 1 unspecified atom stereocenters. The zero-order valence-electron chi connectivity index (χ0n) is 12.8. The number of fused-ring (bicyclic) bond motifs is 1. The summed E-state index contributed by atoms with van der Waals surface area (Å²) in [5, 5.41) is 0. The Kier molecular flexibility index (Phi) is 4.04. The largest absolute Gasteiger partial charge is 0.271 e. The molecular formula is C18H23N3. The van der Waals surface area contributed by atoms with E-state index >= 15 is 0 Å². The summed E-state index contributed by atoms with van der Waals surface area (Å²) in [4.78, 5) is 4.55. The molecule has 0 spiro atoms. The second kappa shape index (κ2) is 5.96. The highest BCUT2D eigenvalue weighted by atomic mass is 15.2. The Labute approximate surface area is 126 Å². The van der Waals surface area contributed by atoms with Crippen molar-refractivity contribution in [3.8, 4) is 0 Å². The summed E-state index contributed by atoms with van der Waals surface area (Å²) >= 11 is 0. The van der Waals surface area contributed by atoms with Crippen LogP contribution in [0.5, 0.6) is 0 Å². The molecule has 1 aromatic heterocycles. The van der Waals surface area contributed by atoms with Crippen LogP contribution in [0, 0.1) is 13.8 Å². The summed E-state index contributed by atoms with van der Waals surface area (Å²) in [5.41, 5.74) is 10.6. The first-order chi connectivity index (χ1) is 10.2. The first-order valence-electron chi connectivity index (χ1n) is 7.68. The number of pyridine rings is 1. The van der Waals surface area contributed by atoms with Crippen molar-refractivity contribution in [2.45, 2.75) is 45.6 Å². The molecule has 0 amide bonds. The van der Waals surface area contributed by atoms with Gasteiger partial charge < -0.3 is 0 Å². The van der Waals surface area contributed by atoms with Crippen LogP contribution >= 0.6 is 0 Å². The van der Waals surface area contributed by atoms with E-state index in [0.717, 1.165) is 17.8 Å². The lowest BCUT2D eigenvalue weighted by atomic mass is 9.96. The van der Waals surface area contributed by atoms with Gasteiger partial charge in [-0.25, -0.2) is 0 Å². The second-order valence-corrected chi connectivity index (χ2v) is 6.01. The Morgan fingerprint density at radius 2 is 1.95 bits per heavy atom. The predicted molar refractivity (Wildman–Crippen MR) is 85.9 cm³/mol. The van der Waals surface area contributed by atoms with Gasteiger partial charge in [0.05, 0.1) is 6.04 Å². The van der Waals surface area contributed by atoms with Gasteiger partial charge in [-0.2, -0.15) is 0 Å². The summed E-state index contributed by atoms with van der Waals surface area (Å²) < 4.78 is 0. The zero-order valence-corrected chi connectivity index (χ0v) is 12.8. The van der Waals surface area contributed by atoms with Crippen LogP contribution in [0.15, 0.2) is 30.3 Å². The molecule has 0 bridgehead atoms. The van der Waals surface area contributed by atoms with Crippen LogP contribution in [0.3, 0.4) is 0 Å². The molecule has 3 N–H and O–H groups in total. The van der Waals surface area contributed by atoms with E-state index in [1.807, 2.05) is 6.92 Å². The molecule has 110 valence electrons. The van der Waals surface area contributed by atoms with E-state index in [2.05, 4.69) is 47.7 Å². The first-order valence-corrected chi connectivity index (χ1v) is 7.68. The minimum atomic E-state index is 0.109. The minimum Gasteiger partial charge on any atom is -0.271 e. The summed E-state index contributed by atoms with van der Waals surface area (Å²) in [5.74, 6) is 5.79. The predicted octanol–water partition coefficient (Wildman–Crippen LogP) is 2.93. The Hall–Kier alpha value is -1.71. The van der Waals surface area contributed by atoms with E-state index in [0.29, 0.717) is 0 Å². The molecule has 0 fully saturated rings.